The molecule has 0 spiro atoms. The van der Waals surface area contributed by atoms with Gasteiger partial charge in [0, 0.05) is 25.5 Å². The maximum atomic E-state index is 12.6. The Morgan fingerprint density at radius 1 is 1.23 bits per heavy atom. The van der Waals surface area contributed by atoms with Crippen molar-refractivity contribution in [1.29, 1.82) is 0 Å². The number of hydrogen-bond acceptors (Lipinski definition) is 6. The lowest BCUT2D eigenvalue weighted by Crippen LogP contribution is -2.16. The summed E-state index contributed by atoms with van der Waals surface area (Å²) in [6.45, 7) is 3.15. The Morgan fingerprint density at radius 3 is 2.62 bits per heavy atom. The molecule has 0 aliphatic heterocycles. The van der Waals surface area contributed by atoms with Gasteiger partial charge in [-0.2, -0.15) is 13.2 Å². The minimum absolute atomic E-state index is 0.0975. The van der Waals surface area contributed by atoms with Gasteiger partial charge in [0.25, 0.3) is 0 Å². The molecule has 10 heteroatoms. The van der Waals surface area contributed by atoms with Crippen LogP contribution in [0.25, 0.3) is 0 Å². The van der Waals surface area contributed by atoms with Crippen LogP contribution in [0.3, 0.4) is 0 Å². The zero-order chi connectivity index (χ0) is 19.0. The Bertz CT molecular complexity index is 755. The lowest BCUT2D eigenvalue weighted by Gasteiger charge is -2.12. The number of anilines is 2. The molecule has 2 aromatic rings. The molecule has 0 saturated heterocycles. The third-order valence-corrected chi connectivity index (χ3v) is 3.39. The second kappa shape index (κ2) is 9.23. The first-order valence-corrected chi connectivity index (χ1v) is 8.09. The number of ether oxygens (including phenoxy) is 1. The van der Waals surface area contributed by atoms with Crippen molar-refractivity contribution in [2.24, 2.45) is 4.99 Å². The van der Waals surface area contributed by atoms with Crippen LogP contribution in [0.15, 0.2) is 35.6 Å². The van der Waals surface area contributed by atoms with Crippen molar-refractivity contribution < 1.29 is 17.9 Å². The van der Waals surface area contributed by atoms with Gasteiger partial charge in [-0.05, 0) is 25.1 Å². The molecule has 2 heterocycles. The van der Waals surface area contributed by atoms with E-state index in [-0.39, 0.29) is 10.8 Å². The molecule has 0 saturated carbocycles. The van der Waals surface area contributed by atoms with Gasteiger partial charge in [0.15, 0.2) is 12.2 Å². The van der Waals surface area contributed by atoms with Gasteiger partial charge in [-0.15, -0.1) is 0 Å². The van der Waals surface area contributed by atoms with E-state index in [0.29, 0.717) is 31.2 Å². The molecule has 0 unspecified atom stereocenters. The lowest BCUT2D eigenvalue weighted by molar-refractivity contribution is -0.137. The van der Waals surface area contributed by atoms with Crippen LogP contribution in [-0.4, -0.2) is 36.1 Å². The number of alkyl halides is 3. The van der Waals surface area contributed by atoms with Crippen molar-refractivity contribution in [3.8, 4) is 0 Å². The number of nitrogens with zero attached hydrogens (tertiary/aromatic N) is 3. The first-order valence-electron chi connectivity index (χ1n) is 7.71. The first kappa shape index (κ1) is 19.8. The summed E-state index contributed by atoms with van der Waals surface area (Å²) in [7, 11) is 0. The Kier molecular flexibility index (Phi) is 7.02. The van der Waals surface area contributed by atoms with Gasteiger partial charge < -0.3 is 15.4 Å². The molecule has 0 aliphatic carbocycles. The number of nitrogens with one attached hydrogen (secondary N) is 2. The van der Waals surface area contributed by atoms with Crippen molar-refractivity contribution in [3.05, 3.63) is 41.2 Å². The van der Waals surface area contributed by atoms with Crippen molar-refractivity contribution in [2.75, 3.05) is 30.3 Å². The van der Waals surface area contributed by atoms with E-state index in [2.05, 4.69) is 25.6 Å². The second-order valence-corrected chi connectivity index (χ2v) is 5.37. The molecule has 0 atom stereocenters. The highest BCUT2D eigenvalue weighted by atomic mass is 35.5. The summed E-state index contributed by atoms with van der Waals surface area (Å²) in [4.78, 5) is 12.0. The topological polar surface area (TPSA) is 71.4 Å². The molecule has 0 fully saturated rings. The zero-order valence-electron chi connectivity index (χ0n) is 13.8. The van der Waals surface area contributed by atoms with Gasteiger partial charge in [-0.3, -0.25) is 0 Å². The number of hydrogen-bond donors (Lipinski definition) is 2. The maximum absolute atomic E-state index is 12.6. The molecular weight excluding hydrogens is 371 g/mol. The number of rotatable bonds is 8. The summed E-state index contributed by atoms with van der Waals surface area (Å²) in [5, 5.41) is 5.84. The summed E-state index contributed by atoms with van der Waals surface area (Å²) in [5.41, 5.74) is -0.289. The average Bonchev–Trinajstić information content (AvgIpc) is 2.60. The van der Waals surface area contributed by atoms with Gasteiger partial charge in [0.05, 0.1) is 17.2 Å². The van der Waals surface area contributed by atoms with Crippen LogP contribution in [0.4, 0.5) is 30.5 Å². The van der Waals surface area contributed by atoms with Gasteiger partial charge >= 0.3 is 6.18 Å². The van der Waals surface area contributed by atoms with Gasteiger partial charge in [0.1, 0.15) is 11.5 Å². The summed E-state index contributed by atoms with van der Waals surface area (Å²) >= 11 is 5.84. The van der Waals surface area contributed by atoms with E-state index >= 15 is 0 Å². The average molecular weight is 388 g/mol. The number of aliphatic imine (C=N–C) groups is 1. The van der Waals surface area contributed by atoms with Crippen LogP contribution in [0.2, 0.25) is 5.02 Å². The minimum atomic E-state index is -4.48. The monoisotopic (exact) mass is 387 g/mol. The van der Waals surface area contributed by atoms with Crippen LogP contribution >= 0.6 is 11.6 Å². The van der Waals surface area contributed by atoms with Crippen molar-refractivity contribution in [3.63, 3.8) is 0 Å². The number of aromatic nitrogens is 2. The molecule has 2 N–H and O–H groups in total. The smallest absolute Gasteiger partial charge is 0.417 e. The van der Waals surface area contributed by atoms with E-state index in [1.54, 1.807) is 18.3 Å². The molecule has 0 aromatic carbocycles. The molecule has 0 bridgehead atoms. The summed E-state index contributed by atoms with van der Waals surface area (Å²) in [6.07, 6.45) is -0.787. The highest BCUT2D eigenvalue weighted by Gasteiger charge is 2.31. The Labute approximate surface area is 153 Å². The second-order valence-electron chi connectivity index (χ2n) is 4.97. The van der Waals surface area contributed by atoms with Crippen LogP contribution in [-0.2, 0) is 10.9 Å². The lowest BCUT2D eigenvalue weighted by atomic mass is 10.3. The molecule has 6 nitrogen and oxygen atoms in total. The van der Waals surface area contributed by atoms with Crippen molar-refractivity contribution in [2.45, 2.75) is 13.1 Å². The third-order valence-electron chi connectivity index (χ3n) is 3.10. The van der Waals surface area contributed by atoms with Crippen molar-refractivity contribution in [1.82, 2.24) is 9.97 Å². The molecule has 0 aliphatic rings. The summed E-state index contributed by atoms with van der Waals surface area (Å²) in [5.74, 6) is 0.730. The quantitative estimate of drug-likeness (QED) is 0.400. The predicted octanol–water partition coefficient (Wildman–Crippen LogP) is 4.37. The normalized spacial score (nSPS) is 11.6. The van der Waals surface area contributed by atoms with Crippen LogP contribution < -0.4 is 10.6 Å². The van der Waals surface area contributed by atoms with E-state index in [1.165, 1.54) is 6.40 Å². The van der Waals surface area contributed by atoms with Crippen LogP contribution in [0.5, 0.6) is 0 Å². The molecule has 140 valence electrons. The Hall–Kier alpha value is -2.55. The molecule has 0 radical (unpaired) electrons. The maximum Gasteiger partial charge on any atom is 0.417 e. The van der Waals surface area contributed by atoms with E-state index in [4.69, 9.17) is 16.3 Å². The van der Waals surface area contributed by atoms with Crippen LogP contribution in [0, 0.1) is 0 Å². The molecule has 26 heavy (non-hydrogen) atoms. The fourth-order valence-electron chi connectivity index (χ4n) is 1.89. The minimum Gasteiger partial charge on any atom is -0.483 e. The molecule has 2 rings (SSSR count). The van der Waals surface area contributed by atoms with E-state index in [9.17, 15) is 13.2 Å². The van der Waals surface area contributed by atoms with E-state index in [1.807, 2.05) is 6.92 Å². The summed E-state index contributed by atoms with van der Waals surface area (Å²) < 4.78 is 42.8. The zero-order valence-corrected chi connectivity index (χ0v) is 14.6. The number of halogens is 4. The third kappa shape index (κ3) is 5.76. The largest absolute Gasteiger partial charge is 0.483 e. The van der Waals surface area contributed by atoms with Crippen LogP contribution in [0.1, 0.15) is 12.5 Å². The van der Waals surface area contributed by atoms with E-state index < -0.39 is 11.7 Å². The highest BCUT2D eigenvalue weighted by molar-refractivity contribution is 6.32. The van der Waals surface area contributed by atoms with E-state index in [0.717, 1.165) is 12.3 Å². The first-order chi connectivity index (χ1) is 12.4. The Balaban J connectivity index is 1.90. The van der Waals surface area contributed by atoms with Gasteiger partial charge in [-0.1, -0.05) is 11.6 Å². The van der Waals surface area contributed by atoms with Crippen molar-refractivity contribution >= 4 is 35.3 Å². The van der Waals surface area contributed by atoms with Gasteiger partial charge in [-0.25, -0.2) is 15.0 Å². The Morgan fingerprint density at radius 2 is 1.96 bits per heavy atom. The standard InChI is InChI=1S/C16H17ClF3N5O/c1-2-26-10-25-13-4-3-5-21-15(13)23-7-6-22-14-12(17)8-11(9-24-14)16(18,19)20/h3-5,8-10H,2,6-7H2,1H3,(H,21,23)(H,22,24). The SMILES string of the molecule is CCOC=Nc1cccnc1NCCNc1ncc(C(F)(F)F)cc1Cl. The highest BCUT2D eigenvalue weighted by Crippen LogP contribution is 2.32. The molecule has 2 aromatic heterocycles. The fourth-order valence-corrected chi connectivity index (χ4v) is 2.12. The number of pyridine rings is 2. The molecular formula is C16H17ClF3N5O. The predicted molar refractivity (Wildman–Crippen MR) is 95.2 cm³/mol. The molecule has 0 amide bonds. The summed E-state index contributed by atoms with van der Waals surface area (Å²) in [6, 6.07) is 4.35. The fraction of sp³-hybridized carbons (Fsp3) is 0.312. The van der Waals surface area contributed by atoms with Gasteiger partial charge in [0.2, 0.25) is 0 Å².